The molecule has 0 aliphatic rings. The molecule has 0 fully saturated rings. The average molecular weight is 431 g/mol. The highest BCUT2D eigenvalue weighted by molar-refractivity contribution is 6.36. The normalized spacial score (nSPS) is 11.3. The molecule has 0 saturated heterocycles. The van der Waals surface area contributed by atoms with E-state index in [2.05, 4.69) is 97.1 Å². The van der Waals surface area contributed by atoms with Crippen LogP contribution in [0.5, 0.6) is 0 Å². The molecule has 0 atom stereocenters. The van der Waals surface area contributed by atoms with Gasteiger partial charge in [0, 0.05) is 16.3 Å². The van der Waals surface area contributed by atoms with E-state index >= 15 is 0 Å². The van der Waals surface area contributed by atoms with Gasteiger partial charge in [0.1, 0.15) is 5.58 Å². The molecule has 5 aromatic carbocycles. The van der Waals surface area contributed by atoms with Crippen molar-refractivity contribution in [2.24, 2.45) is 0 Å². The Morgan fingerprint density at radius 1 is 0.438 bits per heavy atom. The lowest BCUT2D eigenvalue weighted by molar-refractivity contribution is 0.670. The van der Waals surface area contributed by atoms with Gasteiger partial charge in [-0.2, -0.15) is 0 Å². The zero-order valence-electron chi connectivity index (χ0n) is 17.3. The molecule has 0 spiro atoms. The van der Waals surface area contributed by atoms with E-state index < -0.39 is 0 Å². The predicted molar refractivity (Wildman–Crippen MR) is 135 cm³/mol. The maximum absolute atomic E-state index is 6.43. The predicted octanol–water partition coefficient (Wildman–Crippen LogP) is 9.24. The lowest BCUT2D eigenvalue weighted by atomic mass is 9.91. The second kappa shape index (κ2) is 7.71. The van der Waals surface area contributed by atoms with Crippen molar-refractivity contribution >= 4 is 33.5 Å². The molecule has 0 N–H and O–H groups in total. The van der Waals surface area contributed by atoms with Crippen LogP contribution >= 0.6 is 11.6 Å². The van der Waals surface area contributed by atoms with Gasteiger partial charge in [0.15, 0.2) is 5.58 Å². The smallest absolute Gasteiger partial charge is 0.154 e. The Morgan fingerprint density at radius 2 is 1.06 bits per heavy atom. The zero-order chi connectivity index (χ0) is 21.5. The van der Waals surface area contributed by atoms with Crippen molar-refractivity contribution in [2.45, 2.75) is 0 Å². The molecular formula is C30H19ClO. The molecular weight excluding hydrogens is 412 g/mol. The largest absolute Gasteiger partial charge is 0.454 e. The third-order valence-electron chi connectivity index (χ3n) is 5.98. The Hall–Kier alpha value is -3.81. The van der Waals surface area contributed by atoms with Crippen molar-refractivity contribution in [3.05, 3.63) is 120 Å². The van der Waals surface area contributed by atoms with Gasteiger partial charge in [0.05, 0.1) is 5.02 Å². The minimum absolute atomic E-state index is 0.633. The van der Waals surface area contributed by atoms with E-state index in [1.54, 1.807) is 0 Å². The van der Waals surface area contributed by atoms with Gasteiger partial charge in [-0.25, -0.2) is 0 Å². The fourth-order valence-electron chi connectivity index (χ4n) is 4.45. The number of hydrogen-bond donors (Lipinski definition) is 0. The van der Waals surface area contributed by atoms with Crippen LogP contribution in [0.1, 0.15) is 0 Å². The second-order valence-corrected chi connectivity index (χ2v) is 8.30. The van der Waals surface area contributed by atoms with Crippen LogP contribution in [-0.4, -0.2) is 0 Å². The number of halogens is 1. The Bertz CT molecular complexity index is 1560. The fraction of sp³-hybridized carbons (Fsp3) is 0. The molecule has 0 radical (unpaired) electrons. The number of furan rings is 1. The SMILES string of the molecule is Clc1cccc2c1oc1c(-c3ccc(-c4ccccc4)c(-c4ccccc4)c3)cccc12. The highest BCUT2D eigenvalue weighted by Crippen LogP contribution is 2.41. The van der Waals surface area contributed by atoms with Crippen LogP contribution in [0.4, 0.5) is 0 Å². The Balaban J connectivity index is 1.61. The summed E-state index contributed by atoms with van der Waals surface area (Å²) in [6, 6.07) is 39.9. The van der Waals surface area contributed by atoms with Gasteiger partial charge < -0.3 is 4.42 Å². The Kier molecular flexibility index (Phi) is 4.56. The molecule has 1 aromatic heterocycles. The van der Waals surface area contributed by atoms with E-state index in [4.69, 9.17) is 16.0 Å². The maximum Gasteiger partial charge on any atom is 0.154 e. The van der Waals surface area contributed by atoms with Gasteiger partial charge >= 0.3 is 0 Å². The van der Waals surface area contributed by atoms with Crippen molar-refractivity contribution in [2.75, 3.05) is 0 Å². The van der Waals surface area contributed by atoms with Crippen molar-refractivity contribution in [1.82, 2.24) is 0 Å². The standard InChI is InChI=1S/C30H19ClO/c31-28-16-8-15-26-25-14-7-13-24(29(25)32-30(26)28)22-17-18-23(20-9-3-1-4-10-20)27(19-22)21-11-5-2-6-12-21/h1-19H. The summed E-state index contributed by atoms with van der Waals surface area (Å²) < 4.78 is 6.30. The molecule has 0 aliphatic carbocycles. The molecule has 1 heterocycles. The molecule has 32 heavy (non-hydrogen) atoms. The monoisotopic (exact) mass is 430 g/mol. The summed E-state index contributed by atoms with van der Waals surface area (Å²) in [5.41, 5.74) is 8.57. The zero-order valence-corrected chi connectivity index (χ0v) is 18.0. The minimum atomic E-state index is 0.633. The van der Waals surface area contributed by atoms with E-state index in [-0.39, 0.29) is 0 Å². The van der Waals surface area contributed by atoms with E-state index in [1.165, 1.54) is 22.3 Å². The number of benzene rings is 5. The Morgan fingerprint density at radius 3 is 1.78 bits per heavy atom. The van der Waals surface area contributed by atoms with Crippen LogP contribution < -0.4 is 0 Å². The number of hydrogen-bond acceptors (Lipinski definition) is 1. The van der Waals surface area contributed by atoms with Gasteiger partial charge in [-0.05, 0) is 39.9 Å². The van der Waals surface area contributed by atoms with Gasteiger partial charge in [-0.15, -0.1) is 0 Å². The van der Waals surface area contributed by atoms with Crippen molar-refractivity contribution in [1.29, 1.82) is 0 Å². The summed E-state index contributed by atoms with van der Waals surface area (Å²) in [6.07, 6.45) is 0. The molecule has 6 aromatic rings. The van der Waals surface area contributed by atoms with Crippen LogP contribution in [-0.2, 0) is 0 Å². The van der Waals surface area contributed by atoms with Gasteiger partial charge in [0.25, 0.3) is 0 Å². The summed E-state index contributed by atoms with van der Waals surface area (Å²) in [5.74, 6) is 0. The molecule has 0 amide bonds. The molecule has 152 valence electrons. The topological polar surface area (TPSA) is 13.1 Å². The molecule has 0 saturated carbocycles. The summed E-state index contributed by atoms with van der Waals surface area (Å²) in [5, 5.41) is 2.75. The third-order valence-corrected chi connectivity index (χ3v) is 6.27. The first-order chi connectivity index (χ1) is 15.8. The molecule has 0 aliphatic heterocycles. The number of rotatable bonds is 3. The van der Waals surface area contributed by atoms with E-state index in [1.807, 2.05) is 18.2 Å². The highest BCUT2D eigenvalue weighted by atomic mass is 35.5. The van der Waals surface area contributed by atoms with Crippen LogP contribution in [0.3, 0.4) is 0 Å². The fourth-order valence-corrected chi connectivity index (χ4v) is 4.66. The Labute approximate surface area is 191 Å². The van der Waals surface area contributed by atoms with E-state index in [0.29, 0.717) is 5.02 Å². The summed E-state index contributed by atoms with van der Waals surface area (Å²) >= 11 is 6.43. The first-order valence-corrected chi connectivity index (χ1v) is 11.0. The molecule has 6 rings (SSSR count). The number of fused-ring (bicyclic) bond motifs is 3. The molecule has 2 heteroatoms. The van der Waals surface area contributed by atoms with Gasteiger partial charge in [-0.3, -0.25) is 0 Å². The quantitative estimate of drug-likeness (QED) is 0.272. The molecule has 0 unspecified atom stereocenters. The molecule has 0 bridgehead atoms. The van der Waals surface area contributed by atoms with Crippen molar-refractivity contribution in [3.8, 4) is 33.4 Å². The second-order valence-electron chi connectivity index (χ2n) is 7.89. The van der Waals surface area contributed by atoms with Crippen LogP contribution in [0, 0.1) is 0 Å². The van der Waals surface area contributed by atoms with Crippen LogP contribution in [0.2, 0.25) is 5.02 Å². The summed E-state index contributed by atoms with van der Waals surface area (Å²) in [7, 11) is 0. The third kappa shape index (κ3) is 3.10. The van der Waals surface area contributed by atoms with Gasteiger partial charge in [0.2, 0.25) is 0 Å². The average Bonchev–Trinajstić information content (AvgIpc) is 3.25. The maximum atomic E-state index is 6.43. The van der Waals surface area contributed by atoms with Crippen molar-refractivity contribution in [3.63, 3.8) is 0 Å². The summed E-state index contributed by atoms with van der Waals surface area (Å²) in [6.45, 7) is 0. The van der Waals surface area contributed by atoms with Crippen LogP contribution in [0.25, 0.3) is 55.3 Å². The lowest BCUT2D eigenvalue weighted by Gasteiger charge is -2.13. The first kappa shape index (κ1) is 18.9. The lowest BCUT2D eigenvalue weighted by Crippen LogP contribution is -1.88. The minimum Gasteiger partial charge on any atom is -0.454 e. The van der Waals surface area contributed by atoms with E-state index in [0.717, 1.165) is 33.1 Å². The first-order valence-electron chi connectivity index (χ1n) is 10.6. The highest BCUT2D eigenvalue weighted by Gasteiger charge is 2.16. The van der Waals surface area contributed by atoms with Gasteiger partial charge in [-0.1, -0.05) is 115 Å². The number of para-hydroxylation sites is 2. The summed E-state index contributed by atoms with van der Waals surface area (Å²) in [4.78, 5) is 0. The van der Waals surface area contributed by atoms with E-state index in [9.17, 15) is 0 Å². The molecule has 1 nitrogen and oxygen atoms in total. The van der Waals surface area contributed by atoms with Crippen molar-refractivity contribution < 1.29 is 4.42 Å². The van der Waals surface area contributed by atoms with Crippen LogP contribution in [0.15, 0.2) is 120 Å².